The summed E-state index contributed by atoms with van der Waals surface area (Å²) >= 11 is 0. The summed E-state index contributed by atoms with van der Waals surface area (Å²) in [6.07, 6.45) is 10.1. The Morgan fingerprint density at radius 2 is 2.14 bits per heavy atom. The lowest BCUT2D eigenvalue weighted by molar-refractivity contribution is 0.442. The van der Waals surface area contributed by atoms with Gasteiger partial charge in [0.2, 0.25) is 11.8 Å². The van der Waals surface area contributed by atoms with Crippen LogP contribution < -0.4 is 5.32 Å². The molecule has 1 unspecified atom stereocenters. The summed E-state index contributed by atoms with van der Waals surface area (Å²) in [6, 6.07) is 0.504. The molecule has 1 aliphatic carbocycles. The van der Waals surface area contributed by atoms with E-state index in [1.54, 1.807) is 0 Å². The van der Waals surface area contributed by atoms with Crippen molar-refractivity contribution >= 4 is 0 Å². The predicted molar refractivity (Wildman–Crippen MR) is 81.2 cm³/mol. The summed E-state index contributed by atoms with van der Waals surface area (Å²) < 4.78 is 7.79. The lowest BCUT2D eigenvalue weighted by atomic mass is 9.91. The highest BCUT2D eigenvalue weighted by Gasteiger charge is 2.21. The molecule has 21 heavy (non-hydrogen) atoms. The fourth-order valence-corrected chi connectivity index (χ4v) is 3.02. The smallest absolute Gasteiger partial charge is 0.236 e. The zero-order chi connectivity index (χ0) is 14.7. The molecular weight excluding hydrogens is 264 g/mol. The SMILES string of the molecule is CCCNC1CCCc2cn(Cc3nnc(CC)o3)cc21. The van der Waals surface area contributed by atoms with Gasteiger partial charge in [-0.25, -0.2) is 0 Å². The van der Waals surface area contributed by atoms with Gasteiger partial charge in [-0.3, -0.25) is 0 Å². The molecule has 0 aromatic carbocycles. The summed E-state index contributed by atoms with van der Waals surface area (Å²) in [5.74, 6) is 1.40. The molecule has 114 valence electrons. The molecule has 2 aromatic rings. The Bertz CT molecular complexity index is 587. The second kappa shape index (κ2) is 6.43. The third kappa shape index (κ3) is 3.18. The molecule has 0 radical (unpaired) electrons. The average molecular weight is 288 g/mol. The summed E-state index contributed by atoms with van der Waals surface area (Å²) in [7, 11) is 0. The highest BCUT2D eigenvalue weighted by atomic mass is 16.4. The van der Waals surface area contributed by atoms with Crippen molar-refractivity contribution in [1.82, 2.24) is 20.1 Å². The van der Waals surface area contributed by atoms with E-state index in [-0.39, 0.29) is 0 Å². The Labute approximate surface area is 125 Å². The van der Waals surface area contributed by atoms with Crippen molar-refractivity contribution in [2.75, 3.05) is 6.54 Å². The van der Waals surface area contributed by atoms with Crippen molar-refractivity contribution in [3.05, 3.63) is 35.3 Å². The molecule has 0 fully saturated rings. The Morgan fingerprint density at radius 3 is 2.90 bits per heavy atom. The van der Waals surface area contributed by atoms with E-state index in [1.807, 2.05) is 6.92 Å². The summed E-state index contributed by atoms with van der Waals surface area (Å²) in [4.78, 5) is 0. The molecule has 0 bridgehead atoms. The number of fused-ring (bicyclic) bond motifs is 1. The van der Waals surface area contributed by atoms with E-state index in [0.717, 1.165) is 13.0 Å². The summed E-state index contributed by atoms with van der Waals surface area (Å²) in [5, 5.41) is 11.8. The minimum Gasteiger partial charge on any atom is -0.423 e. The van der Waals surface area contributed by atoms with Gasteiger partial charge in [-0.1, -0.05) is 13.8 Å². The Morgan fingerprint density at radius 1 is 1.29 bits per heavy atom. The molecule has 5 heteroatoms. The van der Waals surface area contributed by atoms with Crippen LogP contribution in [0.4, 0.5) is 0 Å². The number of nitrogens with one attached hydrogen (secondary N) is 1. The quantitative estimate of drug-likeness (QED) is 0.888. The van der Waals surface area contributed by atoms with Gasteiger partial charge in [-0.15, -0.1) is 10.2 Å². The Balaban J connectivity index is 1.74. The van der Waals surface area contributed by atoms with Gasteiger partial charge in [0.1, 0.15) is 6.54 Å². The van der Waals surface area contributed by atoms with Gasteiger partial charge in [-0.2, -0.15) is 0 Å². The van der Waals surface area contributed by atoms with Gasteiger partial charge in [0.25, 0.3) is 0 Å². The number of hydrogen-bond acceptors (Lipinski definition) is 4. The van der Waals surface area contributed by atoms with Crippen LogP contribution in [0.25, 0.3) is 0 Å². The van der Waals surface area contributed by atoms with Gasteiger partial charge in [0.15, 0.2) is 0 Å². The van der Waals surface area contributed by atoms with E-state index in [2.05, 4.69) is 39.4 Å². The molecule has 2 heterocycles. The maximum atomic E-state index is 5.60. The van der Waals surface area contributed by atoms with E-state index < -0.39 is 0 Å². The molecule has 0 saturated carbocycles. The first-order chi connectivity index (χ1) is 10.3. The van der Waals surface area contributed by atoms with Crippen LogP contribution >= 0.6 is 0 Å². The van der Waals surface area contributed by atoms with Gasteiger partial charge in [0, 0.05) is 24.9 Å². The number of rotatable bonds is 6. The fourth-order valence-electron chi connectivity index (χ4n) is 3.02. The van der Waals surface area contributed by atoms with E-state index in [0.29, 0.717) is 24.4 Å². The van der Waals surface area contributed by atoms with Crippen LogP contribution in [0.5, 0.6) is 0 Å². The van der Waals surface area contributed by atoms with Crippen LogP contribution in [-0.2, 0) is 19.4 Å². The first-order valence-corrected chi connectivity index (χ1v) is 8.03. The van der Waals surface area contributed by atoms with Crippen molar-refractivity contribution in [3.63, 3.8) is 0 Å². The number of hydrogen-bond donors (Lipinski definition) is 1. The monoisotopic (exact) mass is 288 g/mol. The third-order valence-electron chi connectivity index (χ3n) is 4.08. The van der Waals surface area contributed by atoms with E-state index in [1.165, 1.54) is 36.8 Å². The van der Waals surface area contributed by atoms with E-state index >= 15 is 0 Å². The third-order valence-corrected chi connectivity index (χ3v) is 4.08. The fraction of sp³-hybridized carbons (Fsp3) is 0.625. The largest absolute Gasteiger partial charge is 0.423 e. The molecule has 1 N–H and O–H groups in total. The van der Waals surface area contributed by atoms with Crippen LogP contribution in [0.1, 0.15) is 62.1 Å². The lowest BCUT2D eigenvalue weighted by Crippen LogP contribution is -2.24. The predicted octanol–water partition coefficient (Wildman–Crippen LogP) is 2.86. The van der Waals surface area contributed by atoms with Crippen LogP contribution in [0.15, 0.2) is 16.8 Å². The molecule has 0 saturated heterocycles. The second-order valence-electron chi connectivity index (χ2n) is 5.75. The van der Waals surface area contributed by atoms with Crippen LogP contribution in [0, 0.1) is 0 Å². The molecule has 5 nitrogen and oxygen atoms in total. The number of aryl methyl sites for hydroxylation is 2. The number of nitrogens with zero attached hydrogens (tertiary/aromatic N) is 3. The van der Waals surface area contributed by atoms with Crippen molar-refractivity contribution < 1.29 is 4.42 Å². The summed E-state index contributed by atoms with van der Waals surface area (Å²) in [6.45, 7) is 5.98. The standard InChI is InChI=1S/C16H24N4O/c1-3-8-17-14-7-5-6-12-9-20(10-13(12)14)11-16-19-18-15(4-2)21-16/h9-10,14,17H,3-8,11H2,1-2H3. The molecule has 0 amide bonds. The van der Waals surface area contributed by atoms with Crippen LogP contribution in [0.2, 0.25) is 0 Å². The molecule has 2 aromatic heterocycles. The van der Waals surface area contributed by atoms with Crippen molar-refractivity contribution in [3.8, 4) is 0 Å². The topological polar surface area (TPSA) is 55.9 Å². The minimum atomic E-state index is 0.504. The van der Waals surface area contributed by atoms with Gasteiger partial charge >= 0.3 is 0 Å². The normalized spacial score (nSPS) is 17.9. The number of aromatic nitrogens is 3. The first kappa shape index (κ1) is 14.3. The Kier molecular flexibility index (Phi) is 4.39. The highest BCUT2D eigenvalue weighted by Crippen LogP contribution is 2.30. The molecule has 1 atom stereocenters. The average Bonchev–Trinajstić information content (AvgIpc) is 3.11. The molecule has 3 rings (SSSR count). The van der Waals surface area contributed by atoms with E-state index in [4.69, 9.17) is 4.42 Å². The van der Waals surface area contributed by atoms with Gasteiger partial charge in [0.05, 0.1) is 0 Å². The van der Waals surface area contributed by atoms with Crippen molar-refractivity contribution in [2.45, 2.75) is 58.5 Å². The van der Waals surface area contributed by atoms with Crippen molar-refractivity contribution in [1.29, 1.82) is 0 Å². The second-order valence-corrected chi connectivity index (χ2v) is 5.75. The van der Waals surface area contributed by atoms with Crippen molar-refractivity contribution in [2.24, 2.45) is 0 Å². The molecule has 0 spiro atoms. The van der Waals surface area contributed by atoms with Crippen LogP contribution in [-0.4, -0.2) is 21.3 Å². The Hall–Kier alpha value is -1.62. The molecule has 1 aliphatic rings. The van der Waals surface area contributed by atoms with Gasteiger partial charge < -0.3 is 14.3 Å². The molecular formula is C16H24N4O. The maximum Gasteiger partial charge on any atom is 0.236 e. The minimum absolute atomic E-state index is 0.504. The lowest BCUT2D eigenvalue weighted by Gasteiger charge is -2.23. The maximum absolute atomic E-state index is 5.60. The zero-order valence-corrected chi connectivity index (χ0v) is 12.9. The highest BCUT2D eigenvalue weighted by molar-refractivity contribution is 5.30. The van der Waals surface area contributed by atoms with E-state index in [9.17, 15) is 0 Å². The van der Waals surface area contributed by atoms with Gasteiger partial charge in [-0.05, 0) is 43.4 Å². The summed E-state index contributed by atoms with van der Waals surface area (Å²) in [5.41, 5.74) is 2.91. The zero-order valence-electron chi connectivity index (χ0n) is 12.9. The first-order valence-electron chi connectivity index (χ1n) is 8.03. The molecule has 0 aliphatic heterocycles. The van der Waals surface area contributed by atoms with Crippen LogP contribution in [0.3, 0.4) is 0 Å².